The van der Waals surface area contributed by atoms with Crippen molar-refractivity contribution in [2.45, 2.75) is 38.6 Å². The van der Waals surface area contributed by atoms with Gasteiger partial charge in [0, 0.05) is 56.4 Å². The van der Waals surface area contributed by atoms with Crippen LogP contribution in [0.1, 0.15) is 41.6 Å². The fourth-order valence-corrected chi connectivity index (χ4v) is 5.26. The zero-order chi connectivity index (χ0) is 24.9. The Morgan fingerprint density at radius 3 is 2.22 bits per heavy atom. The number of hydrogen-bond acceptors (Lipinski definition) is 6. The van der Waals surface area contributed by atoms with Gasteiger partial charge < -0.3 is 20.3 Å². The second-order valence-corrected chi connectivity index (χ2v) is 10.1. The maximum Gasteiger partial charge on any atom is 0.185 e. The van der Waals surface area contributed by atoms with Gasteiger partial charge in [0.25, 0.3) is 0 Å². The molecule has 2 saturated heterocycles. The van der Waals surface area contributed by atoms with E-state index in [1.54, 1.807) is 0 Å². The Labute approximate surface area is 214 Å². The van der Waals surface area contributed by atoms with Crippen LogP contribution in [-0.2, 0) is 22.6 Å². The highest BCUT2D eigenvalue weighted by atomic mass is 16.7. The van der Waals surface area contributed by atoms with E-state index < -0.39 is 6.29 Å². The van der Waals surface area contributed by atoms with Crippen LogP contribution in [0, 0.1) is 5.92 Å². The summed E-state index contributed by atoms with van der Waals surface area (Å²) in [4.78, 5) is 5.05. The highest BCUT2D eigenvalue weighted by Crippen LogP contribution is 2.42. The number of nitrogens with zero attached hydrogens (tertiary/aromatic N) is 2. The average Bonchev–Trinajstić information content (AvgIpc) is 2.91. The average molecular weight is 488 g/mol. The van der Waals surface area contributed by atoms with Crippen LogP contribution >= 0.6 is 0 Å². The van der Waals surface area contributed by atoms with E-state index in [9.17, 15) is 5.11 Å². The molecule has 190 valence electrons. The molecule has 4 atom stereocenters. The number of piperazine rings is 1. The normalized spacial score (nSPS) is 25.6. The summed E-state index contributed by atoms with van der Waals surface area (Å²) < 4.78 is 13.1. The predicted octanol–water partition coefficient (Wildman–Crippen LogP) is 4.37. The monoisotopic (exact) mass is 487 g/mol. The van der Waals surface area contributed by atoms with Crippen molar-refractivity contribution < 1.29 is 14.6 Å². The smallest absolute Gasteiger partial charge is 0.185 e. The molecule has 0 radical (unpaired) electrons. The summed E-state index contributed by atoms with van der Waals surface area (Å²) in [5, 5.41) is 9.46. The molecule has 4 unspecified atom stereocenters. The lowest BCUT2D eigenvalue weighted by Gasteiger charge is -2.44. The lowest BCUT2D eigenvalue weighted by Crippen LogP contribution is -2.51. The van der Waals surface area contributed by atoms with Crippen LogP contribution in [-0.4, -0.2) is 53.7 Å². The Hall–Kier alpha value is -2.74. The van der Waals surface area contributed by atoms with Gasteiger partial charge in [-0.25, -0.2) is 0 Å². The summed E-state index contributed by atoms with van der Waals surface area (Å²) in [6, 6.07) is 26.5. The molecular formula is C30H37N3O3. The third kappa shape index (κ3) is 5.97. The van der Waals surface area contributed by atoms with Crippen molar-refractivity contribution in [1.29, 1.82) is 0 Å². The van der Waals surface area contributed by atoms with Crippen molar-refractivity contribution in [3.63, 3.8) is 0 Å². The minimum atomic E-state index is -0.475. The van der Waals surface area contributed by atoms with Crippen LogP contribution in [0.15, 0.2) is 78.9 Å². The first kappa shape index (κ1) is 24.9. The van der Waals surface area contributed by atoms with Gasteiger partial charge >= 0.3 is 0 Å². The van der Waals surface area contributed by atoms with Crippen LogP contribution in [0.5, 0.6) is 0 Å². The molecule has 0 saturated carbocycles. The van der Waals surface area contributed by atoms with Crippen molar-refractivity contribution in [1.82, 2.24) is 9.80 Å². The number of anilines is 1. The molecule has 2 aliphatic rings. The molecule has 0 aromatic heterocycles. The fraction of sp³-hybridized carbons (Fsp3) is 0.400. The van der Waals surface area contributed by atoms with Crippen molar-refractivity contribution in [3.8, 4) is 0 Å². The molecule has 3 aromatic rings. The second-order valence-electron chi connectivity index (χ2n) is 10.1. The number of benzene rings is 3. The Morgan fingerprint density at radius 1 is 0.806 bits per heavy atom. The van der Waals surface area contributed by atoms with Gasteiger partial charge in [-0.05, 0) is 28.8 Å². The predicted molar refractivity (Wildman–Crippen MR) is 142 cm³/mol. The van der Waals surface area contributed by atoms with Gasteiger partial charge in [0.1, 0.15) is 0 Å². The molecule has 6 heteroatoms. The van der Waals surface area contributed by atoms with E-state index in [1.165, 1.54) is 5.56 Å². The van der Waals surface area contributed by atoms with Gasteiger partial charge in [0.15, 0.2) is 6.29 Å². The largest absolute Gasteiger partial charge is 0.399 e. The zero-order valence-electron chi connectivity index (χ0n) is 21.0. The van der Waals surface area contributed by atoms with E-state index in [2.05, 4.69) is 59.2 Å². The number of hydrogen-bond donors (Lipinski definition) is 2. The van der Waals surface area contributed by atoms with Crippen molar-refractivity contribution >= 4 is 5.69 Å². The highest BCUT2D eigenvalue weighted by Gasteiger charge is 2.39. The van der Waals surface area contributed by atoms with E-state index in [0.29, 0.717) is 5.69 Å². The quantitative estimate of drug-likeness (QED) is 0.482. The van der Waals surface area contributed by atoms with E-state index in [1.807, 2.05) is 36.4 Å². The van der Waals surface area contributed by atoms with E-state index in [0.717, 1.165) is 56.0 Å². The SMILES string of the molecule is CC1C(CN2CCN(Cc3ccccc3)CC2)OC(c2cccc(N)c2)OC1c1ccc(CO)cc1. The molecule has 0 spiro atoms. The molecule has 2 aliphatic heterocycles. The van der Waals surface area contributed by atoms with Gasteiger partial charge in [-0.3, -0.25) is 9.80 Å². The first-order chi connectivity index (χ1) is 17.6. The molecule has 6 nitrogen and oxygen atoms in total. The Bertz CT molecular complexity index is 1100. The van der Waals surface area contributed by atoms with Crippen LogP contribution in [0.3, 0.4) is 0 Å². The minimum Gasteiger partial charge on any atom is -0.399 e. The van der Waals surface area contributed by atoms with Crippen molar-refractivity contribution in [2.75, 3.05) is 38.5 Å². The number of aliphatic hydroxyl groups is 1. The Balaban J connectivity index is 1.28. The van der Waals surface area contributed by atoms with Gasteiger partial charge in [0.2, 0.25) is 0 Å². The third-order valence-corrected chi connectivity index (χ3v) is 7.46. The molecule has 5 rings (SSSR count). The Morgan fingerprint density at radius 2 is 1.53 bits per heavy atom. The molecule has 3 N–H and O–H groups in total. The lowest BCUT2D eigenvalue weighted by molar-refractivity contribution is -0.276. The number of ether oxygens (including phenoxy) is 2. The van der Waals surface area contributed by atoms with Crippen LogP contribution < -0.4 is 5.73 Å². The van der Waals surface area contributed by atoms with E-state index in [-0.39, 0.29) is 24.7 Å². The summed E-state index contributed by atoms with van der Waals surface area (Å²) in [6.45, 7) is 8.29. The number of aliphatic hydroxyl groups excluding tert-OH is 1. The number of nitrogen functional groups attached to an aromatic ring is 1. The number of rotatable bonds is 7. The maximum absolute atomic E-state index is 9.46. The van der Waals surface area contributed by atoms with Gasteiger partial charge in [-0.15, -0.1) is 0 Å². The molecule has 0 bridgehead atoms. The second kappa shape index (κ2) is 11.5. The molecular weight excluding hydrogens is 450 g/mol. The van der Waals surface area contributed by atoms with Gasteiger partial charge in [-0.2, -0.15) is 0 Å². The summed E-state index contributed by atoms with van der Waals surface area (Å²) in [5.41, 5.74) is 11.1. The highest BCUT2D eigenvalue weighted by molar-refractivity contribution is 5.41. The van der Waals surface area contributed by atoms with Crippen LogP contribution in [0.4, 0.5) is 5.69 Å². The Kier molecular flexibility index (Phi) is 7.99. The first-order valence-electron chi connectivity index (χ1n) is 12.9. The van der Waals surface area contributed by atoms with Crippen LogP contribution in [0.2, 0.25) is 0 Å². The van der Waals surface area contributed by atoms with Gasteiger partial charge in [-0.1, -0.05) is 73.7 Å². The molecule has 0 amide bonds. The topological polar surface area (TPSA) is 71.2 Å². The van der Waals surface area contributed by atoms with E-state index in [4.69, 9.17) is 15.2 Å². The molecule has 2 fully saturated rings. The summed E-state index contributed by atoms with van der Waals surface area (Å²) in [7, 11) is 0. The molecule has 2 heterocycles. The maximum atomic E-state index is 9.46. The van der Waals surface area contributed by atoms with Gasteiger partial charge in [0.05, 0.1) is 18.8 Å². The summed E-state index contributed by atoms with van der Waals surface area (Å²) in [5.74, 6) is 0.171. The third-order valence-electron chi connectivity index (χ3n) is 7.46. The molecule has 3 aromatic carbocycles. The zero-order valence-corrected chi connectivity index (χ0v) is 21.0. The van der Waals surface area contributed by atoms with Crippen molar-refractivity contribution in [2.24, 2.45) is 5.92 Å². The summed E-state index contributed by atoms with van der Waals surface area (Å²) in [6.07, 6.45) is -0.563. The van der Waals surface area contributed by atoms with Crippen LogP contribution in [0.25, 0.3) is 0 Å². The summed E-state index contributed by atoms with van der Waals surface area (Å²) >= 11 is 0. The first-order valence-corrected chi connectivity index (χ1v) is 12.9. The fourth-order valence-electron chi connectivity index (χ4n) is 5.26. The minimum absolute atomic E-state index is 0.0216. The molecule has 36 heavy (non-hydrogen) atoms. The number of nitrogens with two attached hydrogens (primary N) is 1. The van der Waals surface area contributed by atoms with Crippen molar-refractivity contribution in [3.05, 3.63) is 101 Å². The van der Waals surface area contributed by atoms with E-state index >= 15 is 0 Å². The molecule has 0 aliphatic carbocycles. The standard InChI is InChI=1S/C30H37N3O3/c1-22-28(20-33-16-14-32(15-17-33)19-23-6-3-2-4-7-23)35-30(26-8-5-9-27(31)18-26)36-29(22)25-12-10-24(21-34)11-13-25/h2-13,18,22,28-30,34H,14-17,19-21,31H2,1H3. The lowest BCUT2D eigenvalue weighted by atomic mass is 9.90.